The highest BCUT2D eigenvalue weighted by molar-refractivity contribution is 9.10. The number of nitrogens with zero attached hydrogens (tertiary/aromatic N) is 1. The molecule has 0 bridgehead atoms. The SMILES string of the molecule is CCCCNC(=O)[C@H](Cc1ccccc1)N(Cc1cccc(Cl)c1)C(=O)COc1ccc(Cl)cc1Br. The molecule has 0 aromatic heterocycles. The predicted octanol–water partition coefficient (Wildman–Crippen LogP) is 6.69. The zero-order chi connectivity index (χ0) is 25.9. The van der Waals surface area contributed by atoms with Crippen LogP contribution in [0, 0.1) is 0 Å². The zero-order valence-electron chi connectivity index (χ0n) is 20.1. The van der Waals surface area contributed by atoms with E-state index in [9.17, 15) is 9.59 Å². The molecule has 0 fully saturated rings. The Morgan fingerprint density at radius 1 is 0.972 bits per heavy atom. The standard InChI is InChI=1S/C28H29BrCl2N2O3/c1-2-3-14-32-28(35)25(16-20-8-5-4-6-9-20)33(18-21-10-7-11-22(30)15-21)27(34)19-36-26-13-12-23(31)17-24(26)29/h4-13,15,17,25H,2-3,14,16,18-19H2,1H3,(H,32,35)/t25-/m0/s1. The van der Waals surface area contributed by atoms with Crippen molar-refractivity contribution < 1.29 is 14.3 Å². The first-order valence-corrected chi connectivity index (χ1v) is 13.4. The van der Waals surface area contributed by atoms with E-state index in [0.717, 1.165) is 24.0 Å². The highest BCUT2D eigenvalue weighted by atomic mass is 79.9. The van der Waals surface area contributed by atoms with E-state index in [4.69, 9.17) is 27.9 Å². The number of rotatable bonds is 12. The normalized spacial score (nSPS) is 11.6. The molecule has 5 nitrogen and oxygen atoms in total. The summed E-state index contributed by atoms with van der Waals surface area (Å²) in [7, 11) is 0. The summed E-state index contributed by atoms with van der Waals surface area (Å²) in [6.45, 7) is 2.58. The number of ether oxygens (including phenoxy) is 1. The fourth-order valence-electron chi connectivity index (χ4n) is 3.71. The highest BCUT2D eigenvalue weighted by Crippen LogP contribution is 2.28. The van der Waals surface area contributed by atoms with Gasteiger partial charge in [0.2, 0.25) is 5.91 Å². The van der Waals surface area contributed by atoms with E-state index in [1.54, 1.807) is 35.2 Å². The Hall–Kier alpha value is -2.54. The van der Waals surface area contributed by atoms with Crippen molar-refractivity contribution in [1.82, 2.24) is 10.2 Å². The van der Waals surface area contributed by atoms with Gasteiger partial charge in [-0.1, -0.05) is 79.0 Å². The molecule has 0 saturated heterocycles. The van der Waals surface area contributed by atoms with Gasteiger partial charge in [-0.15, -0.1) is 0 Å². The van der Waals surface area contributed by atoms with E-state index in [2.05, 4.69) is 28.2 Å². The van der Waals surface area contributed by atoms with Crippen molar-refractivity contribution in [3.05, 3.63) is 98.4 Å². The summed E-state index contributed by atoms with van der Waals surface area (Å²) in [5, 5.41) is 4.12. The molecular formula is C28H29BrCl2N2O3. The molecule has 0 heterocycles. The van der Waals surface area contributed by atoms with Crippen molar-refractivity contribution in [3.63, 3.8) is 0 Å². The minimum absolute atomic E-state index is 0.199. The Kier molecular flexibility index (Phi) is 11.1. The van der Waals surface area contributed by atoms with Gasteiger partial charge in [0, 0.05) is 29.6 Å². The number of amides is 2. The first-order chi connectivity index (χ1) is 17.4. The molecule has 0 aliphatic rings. The van der Waals surface area contributed by atoms with Gasteiger partial charge in [-0.05, 0) is 63.8 Å². The quantitative estimate of drug-likeness (QED) is 0.239. The summed E-state index contributed by atoms with van der Waals surface area (Å²) in [4.78, 5) is 28.6. The average molecular weight is 592 g/mol. The van der Waals surface area contributed by atoms with Crippen molar-refractivity contribution in [1.29, 1.82) is 0 Å². The van der Waals surface area contributed by atoms with Crippen LogP contribution in [0.5, 0.6) is 5.75 Å². The number of hydrogen-bond donors (Lipinski definition) is 1. The van der Waals surface area contributed by atoms with Crippen LogP contribution in [0.2, 0.25) is 10.0 Å². The second-order valence-corrected chi connectivity index (χ2v) is 10.1. The summed E-state index contributed by atoms with van der Waals surface area (Å²) < 4.78 is 6.46. The van der Waals surface area contributed by atoms with E-state index in [-0.39, 0.29) is 25.0 Å². The van der Waals surface area contributed by atoms with Crippen LogP contribution in [-0.4, -0.2) is 35.9 Å². The Morgan fingerprint density at radius 3 is 2.39 bits per heavy atom. The maximum absolute atomic E-state index is 13.6. The summed E-state index contributed by atoms with van der Waals surface area (Å²) in [5.41, 5.74) is 1.78. The van der Waals surface area contributed by atoms with E-state index >= 15 is 0 Å². The van der Waals surface area contributed by atoms with Gasteiger partial charge in [0.25, 0.3) is 5.91 Å². The smallest absolute Gasteiger partial charge is 0.261 e. The van der Waals surface area contributed by atoms with Crippen molar-refractivity contribution in [2.75, 3.05) is 13.2 Å². The third kappa shape index (κ3) is 8.54. The van der Waals surface area contributed by atoms with Crippen LogP contribution < -0.4 is 10.1 Å². The molecule has 3 aromatic rings. The van der Waals surface area contributed by atoms with Crippen molar-refractivity contribution in [3.8, 4) is 5.75 Å². The fourth-order valence-corrected chi connectivity index (χ4v) is 4.72. The van der Waals surface area contributed by atoms with Crippen LogP contribution >= 0.6 is 39.1 Å². The predicted molar refractivity (Wildman–Crippen MR) is 149 cm³/mol. The van der Waals surface area contributed by atoms with Crippen molar-refractivity contribution >= 4 is 50.9 Å². The minimum Gasteiger partial charge on any atom is -0.483 e. The molecule has 8 heteroatoms. The molecule has 0 aliphatic carbocycles. The summed E-state index contributed by atoms with van der Waals surface area (Å²) in [5.74, 6) is -0.0267. The molecule has 0 radical (unpaired) electrons. The lowest BCUT2D eigenvalue weighted by Gasteiger charge is -2.31. The molecule has 36 heavy (non-hydrogen) atoms. The van der Waals surface area contributed by atoms with Crippen LogP contribution in [0.4, 0.5) is 0 Å². The number of carbonyl (C=O) groups is 2. The van der Waals surface area contributed by atoms with Crippen LogP contribution in [-0.2, 0) is 22.6 Å². The number of benzene rings is 3. The van der Waals surface area contributed by atoms with Crippen LogP contribution in [0.1, 0.15) is 30.9 Å². The van der Waals surface area contributed by atoms with E-state index in [0.29, 0.717) is 33.2 Å². The Bertz CT molecular complexity index is 1160. The zero-order valence-corrected chi connectivity index (χ0v) is 23.2. The molecule has 0 aliphatic heterocycles. The van der Waals surface area contributed by atoms with Gasteiger partial charge >= 0.3 is 0 Å². The van der Waals surface area contributed by atoms with Gasteiger partial charge in [-0.2, -0.15) is 0 Å². The van der Waals surface area contributed by atoms with Gasteiger partial charge in [0.15, 0.2) is 6.61 Å². The molecule has 1 atom stereocenters. The van der Waals surface area contributed by atoms with Crippen LogP contribution in [0.3, 0.4) is 0 Å². The second-order valence-electron chi connectivity index (χ2n) is 8.37. The van der Waals surface area contributed by atoms with E-state index in [1.165, 1.54) is 0 Å². The lowest BCUT2D eigenvalue weighted by atomic mass is 10.0. The molecule has 1 N–H and O–H groups in total. The molecule has 0 unspecified atom stereocenters. The molecule has 0 saturated carbocycles. The van der Waals surface area contributed by atoms with Crippen molar-refractivity contribution in [2.24, 2.45) is 0 Å². The Labute approximate surface area is 230 Å². The lowest BCUT2D eigenvalue weighted by molar-refractivity contribution is -0.142. The molecular weight excluding hydrogens is 563 g/mol. The van der Waals surface area contributed by atoms with E-state index in [1.807, 2.05) is 42.5 Å². The fraction of sp³-hybridized carbons (Fsp3) is 0.286. The maximum atomic E-state index is 13.6. The summed E-state index contributed by atoms with van der Waals surface area (Å²) >= 11 is 15.6. The van der Waals surface area contributed by atoms with Crippen LogP contribution in [0.25, 0.3) is 0 Å². The molecule has 3 rings (SSSR count). The number of carbonyl (C=O) groups excluding carboxylic acids is 2. The minimum atomic E-state index is -0.729. The number of halogens is 3. The molecule has 0 spiro atoms. The van der Waals surface area contributed by atoms with Gasteiger partial charge in [-0.25, -0.2) is 0 Å². The molecule has 3 aromatic carbocycles. The highest BCUT2D eigenvalue weighted by Gasteiger charge is 2.30. The number of hydrogen-bond acceptors (Lipinski definition) is 3. The Balaban J connectivity index is 1.89. The lowest BCUT2D eigenvalue weighted by Crippen LogP contribution is -2.51. The van der Waals surface area contributed by atoms with Crippen molar-refractivity contribution in [2.45, 2.75) is 38.8 Å². The molecule has 190 valence electrons. The second kappa shape index (κ2) is 14.3. The number of unbranched alkanes of at least 4 members (excludes halogenated alkanes) is 1. The maximum Gasteiger partial charge on any atom is 0.261 e. The van der Waals surface area contributed by atoms with Gasteiger partial charge < -0.3 is 15.0 Å². The molecule has 2 amide bonds. The first kappa shape index (κ1) is 28.0. The van der Waals surface area contributed by atoms with Gasteiger partial charge in [-0.3, -0.25) is 9.59 Å². The average Bonchev–Trinajstić information content (AvgIpc) is 2.86. The van der Waals surface area contributed by atoms with E-state index < -0.39 is 6.04 Å². The monoisotopic (exact) mass is 590 g/mol. The third-order valence-electron chi connectivity index (χ3n) is 5.59. The van der Waals surface area contributed by atoms with Crippen LogP contribution in [0.15, 0.2) is 77.3 Å². The Morgan fingerprint density at radius 2 is 1.69 bits per heavy atom. The number of nitrogens with one attached hydrogen (secondary N) is 1. The summed E-state index contributed by atoms with van der Waals surface area (Å²) in [6, 6.07) is 21.3. The third-order valence-corrected chi connectivity index (χ3v) is 6.68. The topological polar surface area (TPSA) is 58.6 Å². The van der Waals surface area contributed by atoms with Gasteiger partial charge in [0.05, 0.1) is 4.47 Å². The van der Waals surface area contributed by atoms with Gasteiger partial charge in [0.1, 0.15) is 11.8 Å². The largest absolute Gasteiger partial charge is 0.483 e. The summed E-state index contributed by atoms with van der Waals surface area (Å²) in [6.07, 6.45) is 2.19. The first-order valence-electron chi connectivity index (χ1n) is 11.8.